The van der Waals surface area contributed by atoms with Crippen LogP contribution in [0.2, 0.25) is 5.02 Å². The summed E-state index contributed by atoms with van der Waals surface area (Å²) in [6.45, 7) is 3.53. The molecule has 0 aliphatic carbocycles. The number of aromatic nitrogens is 1. The van der Waals surface area contributed by atoms with Crippen LogP contribution in [0.1, 0.15) is 33.2 Å². The minimum Gasteiger partial charge on any atom is -0.451 e. The van der Waals surface area contributed by atoms with Crippen LogP contribution in [0.25, 0.3) is 22.2 Å². The molecule has 4 rings (SSSR count). The number of esters is 1. The molecule has 1 aromatic heterocycles. The van der Waals surface area contributed by atoms with Crippen molar-refractivity contribution in [2.24, 2.45) is 0 Å². The number of aryl methyl sites for hydroxylation is 1. The lowest BCUT2D eigenvalue weighted by atomic mass is 10.0. The second kappa shape index (κ2) is 9.23. The minimum absolute atomic E-state index is 0.254. The van der Waals surface area contributed by atoms with Crippen LogP contribution in [0.4, 0.5) is 0 Å². The molecule has 1 heterocycles. The fraction of sp³-hybridized carbons (Fsp3) is 0.115. The number of Topliss-reactive ketones (excluding diaryl/α,β-unsaturated/α-hetero) is 1. The largest absolute Gasteiger partial charge is 0.451 e. The molecule has 0 radical (unpaired) electrons. The van der Waals surface area contributed by atoms with Crippen molar-refractivity contribution in [2.45, 2.75) is 20.0 Å². The van der Waals surface area contributed by atoms with E-state index >= 15 is 0 Å². The quantitative estimate of drug-likeness (QED) is 0.214. The lowest BCUT2D eigenvalue weighted by Crippen LogP contribution is -2.24. The van der Waals surface area contributed by atoms with Crippen molar-refractivity contribution < 1.29 is 14.3 Å². The fourth-order valence-electron chi connectivity index (χ4n) is 3.37. The van der Waals surface area contributed by atoms with E-state index in [1.54, 1.807) is 37.3 Å². The predicted molar refractivity (Wildman–Crippen MR) is 130 cm³/mol. The highest BCUT2D eigenvalue weighted by Crippen LogP contribution is 2.29. The molecule has 3 aromatic carbocycles. The number of benzene rings is 3. The second-order valence-electron chi connectivity index (χ2n) is 7.50. The summed E-state index contributed by atoms with van der Waals surface area (Å²) in [5.74, 6) is -0.838. The topological polar surface area (TPSA) is 56.3 Å². The SMILES string of the molecule is Cc1ccc(C(=O)[C@@H](C)OC(=O)c2cc(-c3ccc(Cl)cc3)nc3ccc(Br)cc23)cc1. The van der Waals surface area contributed by atoms with Gasteiger partial charge >= 0.3 is 5.97 Å². The Labute approximate surface area is 199 Å². The molecule has 4 nitrogen and oxygen atoms in total. The summed E-state index contributed by atoms with van der Waals surface area (Å²) in [5.41, 5.74) is 3.96. The molecule has 0 aliphatic heterocycles. The number of halogens is 2. The highest BCUT2D eigenvalue weighted by Gasteiger charge is 2.23. The smallest absolute Gasteiger partial charge is 0.339 e. The maximum Gasteiger partial charge on any atom is 0.339 e. The maximum atomic E-state index is 13.2. The van der Waals surface area contributed by atoms with Crippen molar-refractivity contribution >= 4 is 50.2 Å². The van der Waals surface area contributed by atoms with Gasteiger partial charge in [0.25, 0.3) is 0 Å². The first kappa shape index (κ1) is 22.2. The van der Waals surface area contributed by atoms with E-state index in [0.717, 1.165) is 15.6 Å². The Morgan fingerprint density at radius 3 is 2.34 bits per heavy atom. The Morgan fingerprint density at radius 2 is 1.66 bits per heavy atom. The summed E-state index contributed by atoms with van der Waals surface area (Å²) in [4.78, 5) is 30.6. The van der Waals surface area contributed by atoms with Gasteiger partial charge in [0.2, 0.25) is 5.78 Å². The van der Waals surface area contributed by atoms with Gasteiger partial charge in [0.05, 0.1) is 16.8 Å². The Balaban J connectivity index is 1.70. The third-order valence-electron chi connectivity index (χ3n) is 5.12. The molecule has 4 aromatic rings. The van der Waals surface area contributed by atoms with Gasteiger partial charge in [-0.05, 0) is 50.2 Å². The van der Waals surface area contributed by atoms with Crippen LogP contribution in [-0.4, -0.2) is 22.8 Å². The van der Waals surface area contributed by atoms with Crippen LogP contribution >= 0.6 is 27.5 Å². The van der Waals surface area contributed by atoms with Crippen molar-refractivity contribution in [2.75, 3.05) is 0 Å². The average molecular weight is 509 g/mol. The Morgan fingerprint density at radius 1 is 0.969 bits per heavy atom. The Bertz CT molecular complexity index is 1320. The van der Waals surface area contributed by atoms with Gasteiger partial charge in [-0.15, -0.1) is 0 Å². The lowest BCUT2D eigenvalue weighted by molar-refractivity contribution is 0.0320. The van der Waals surface area contributed by atoms with Crippen molar-refractivity contribution in [3.63, 3.8) is 0 Å². The molecule has 1 atom stereocenters. The zero-order valence-corrected chi connectivity index (χ0v) is 19.8. The Hall–Kier alpha value is -3.02. The summed E-state index contributed by atoms with van der Waals surface area (Å²) < 4.78 is 6.40. The van der Waals surface area contributed by atoms with Crippen molar-refractivity contribution in [1.82, 2.24) is 4.98 Å². The van der Waals surface area contributed by atoms with Gasteiger partial charge < -0.3 is 4.74 Å². The van der Waals surface area contributed by atoms with E-state index in [9.17, 15) is 9.59 Å². The van der Waals surface area contributed by atoms with Crippen LogP contribution in [0.15, 0.2) is 77.3 Å². The van der Waals surface area contributed by atoms with Crippen molar-refractivity contribution in [3.05, 3.63) is 99.0 Å². The average Bonchev–Trinajstić information content (AvgIpc) is 2.78. The normalized spacial score (nSPS) is 11.9. The molecule has 0 aliphatic rings. The van der Waals surface area contributed by atoms with Crippen LogP contribution in [0.5, 0.6) is 0 Å². The molecular formula is C26H19BrClNO3. The molecule has 0 fully saturated rings. The van der Waals surface area contributed by atoms with Crippen LogP contribution in [0.3, 0.4) is 0 Å². The highest BCUT2D eigenvalue weighted by atomic mass is 79.9. The van der Waals surface area contributed by atoms with E-state index in [1.807, 2.05) is 49.4 Å². The summed E-state index contributed by atoms with van der Waals surface area (Å²) in [6, 6.07) is 21.6. The van der Waals surface area contributed by atoms with Gasteiger partial charge in [0, 0.05) is 26.0 Å². The molecule has 0 saturated carbocycles. The maximum absolute atomic E-state index is 13.2. The van der Waals surface area contributed by atoms with Crippen molar-refractivity contribution in [3.8, 4) is 11.3 Å². The number of ether oxygens (including phenoxy) is 1. The number of hydrogen-bond acceptors (Lipinski definition) is 4. The van der Waals surface area contributed by atoms with Gasteiger partial charge in [-0.3, -0.25) is 4.79 Å². The highest BCUT2D eigenvalue weighted by molar-refractivity contribution is 9.10. The summed E-state index contributed by atoms with van der Waals surface area (Å²) >= 11 is 9.46. The van der Waals surface area contributed by atoms with Crippen molar-refractivity contribution in [1.29, 1.82) is 0 Å². The predicted octanol–water partition coefficient (Wildman–Crippen LogP) is 7.05. The van der Waals surface area contributed by atoms with E-state index in [2.05, 4.69) is 15.9 Å². The summed E-state index contributed by atoms with van der Waals surface area (Å²) in [7, 11) is 0. The van der Waals surface area contributed by atoms with Gasteiger partial charge in [-0.2, -0.15) is 0 Å². The number of pyridine rings is 1. The number of carbonyl (C=O) groups is 2. The lowest BCUT2D eigenvalue weighted by Gasteiger charge is -2.15. The van der Waals surface area contributed by atoms with Gasteiger partial charge in [-0.1, -0.05) is 69.5 Å². The first-order chi connectivity index (χ1) is 15.3. The van der Waals surface area contributed by atoms with E-state index < -0.39 is 12.1 Å². The molecule has 0 N–H and O–H groups in total. The standard InChI is InChI=1S/C26H19BrClNO3/c1-15-3-5-18(6-4-15)25(30)16(2)32-26(31)22-14-24(17-7-10-20(28)11-8-17)29-23-12-9-19(27)13-21(22)23/h3-14,16H,1-2H3/t16-/m1/s1. The molecule has 6 heteroatoms. The zero-order chi connectivity index (χ0) is 22.8. The van der Waals surface area contributed by atoms with Gasteiger partial charge in [0.15, 0.2) is 6.10 Å². The number of fused-ring (bicyclic) bond motifs is 1. The first-order valence-corrected chi connectivity index (χ1v) is 11.2. The first-order valence-electron chi connectivity index (χ1n) is 10.00. The van der Waals surface area contributed by atoms with Gasteiger partial charge in [-0.25, -0.2) is 9.78 Å². The molecule has 0 spiro atoms. The number of ketones is 1. The monoisotopic (exact) mass is 507 g/mol. The van der Waals surface area contributed by atoms with Gasteiger partial charge in [0.1, 0.15) is 0 Å². The third kappa shape index (κ3) is 4.74. The number of hydrogen-bond donors (Lipinski definition) is 0. The molecule has 160 valence electrons. The van der Waals surface area contributed by atoms with Crippen LogP contribution in [0, 0.1) is 6.92 Å². The molecule has 0 bridgehead atoms. The zero-order valence-electron chi connectivity index (χ0n) is 17.4. The van der Waals surface area contributed by atoms with E-state index in [4.69, 9.17) is 21.3 Å². The minimum atomic E-state index is -0.931. The fourth-order valence-corrected chi connectivity index (χ4v) is 3.85. The number of carbonyl (C=O) groups excluding carboxylic acids is 2. The van der Waals surface area contributed by atoms with E-state index in [-0.39, 0.29) is 5.78 Å². The number of nitrogens with zero attached hydrogens (tertiary/aromatic N) is 1. The molecule has 0 amide bonds. The summed E-state index contributed by atoms with van der Waals surface area (Å²) in [6.07, 6.45) is -0.931. The second-order valence-corrected chi connectivity index (χ2v) is 8.85. The third-order valence-corrected chi connectivity index (χ3v) is 5.86. The van der Waals surface area contributed by atoms with Crippen LogP contribution in [-0.2, 0) is 4.74 Å². The molecule has 0 unspecified atom stereocenters. The molecule has 32 heavy (non-hydrogen) atoms. The Kier molecular flexibility index (Phi) is 6.40. The van der Waals surface area contributed by atoms with Crippen LogP contribution < -0.4 is 0 Å². The molecule has 0 saturated heterocycles. The van der Waals surface area contributed by atoms with E-state index in [1.165, 1.54) is 0 Å². The summed E-state index contributed by atoms with van der Waals surface area (Å²) in [5, 5.41) is 1.25. The van der Waals surface area contributed by atoms with E-state index in [0.29, 0.717) is 32.7 Å². The number of rotatable bonds is 5. The molecular weight excluding hydrogens is 490 g/mol.